The minimum absolute atomic E-state index is 0.195. The van der Waals surface area contributed by atoms with E-state index in [4.69, 9.17) is 10.5 Å². The van der Waals surface area contributed by atoms with Gasteiger partial charge in [-0.05, 0) is 36.2 Å². The minimum atomic E-state index is -1.03. The molecule has 0 bridgehead atoms. The molecule has 6 atom stereocenters. The smallest absolute Gasteiger partial charge is 0.407 e. The van der Waals surface area contributed by atoms with E-state index in [1.54, 1.807) is 11.8 Å². The Hall–Kier alpha value is -2.61. The van der Waals surface area contributed by atoms with Gasteiger partial charge in [-0.2, -0.15) is 0 Å². The zero-order valence-electron chi connectivity index (χ0n) is 22.7. The summed E-state index contributed by atoms with van der Waals surface area (Å²) in [7, 11) is 0. The van der Waals surface area contributed by atoms with Gasteiger partial charge in [0.05, 0.1) is 24.6 Å². The summed E-state index contributed by atoms with van der Waals surface area (Å²) >= 11 is 0. The van der Waals surface area contributed by atoms with Crippen molar-refractivity contribution in [3.8, 4) is 0 Å². The Morgan fingerprint density at radius 3 is 2.17 bits per heavy atom. The Morgan fingerprint density at radius 2 is 1.67 bits per heavy atom. The molecule has 2 heterocycles. The largest absolute Gasteiger partial charge is 0.465 e. The number of ether oxygens (including phenoxy) is 1. The maximum atomic E-state index is 14.6. The number of rotatable bonds is 4. The number of likely N-dealkylation sites (tertiary alicyclic amines) is 2. The predicted molar refractivity (Wildman–Crippen MR) is 138 cm³/mol. The van der Waals surface area contributed by atoms with Gasteiger partial charge < -0.3 is 25.4 Å². The Kier molecular flexibility index (Phi) is 8.08. The summed E-state index contributed by atoms with van der Waals surface area (Å²) in [5.74, 6) is -1.63. The van der Waals surface area contributed by atoms with Gasteiger partial charge in [0.25, 0.3) is 0 Å². The van der Waals surface area contributed by atoms with E-state index >= 15 is 0 Å². The number of benzene rings is 1. The van der Waals surface area contributed by atoms with E-state index in [1.165, 1.54) is 4.90 Å². The predicted octanol–water partition coefficient (Wildman–Crippen LogP) is 4.30. The molecule has 0 radical (unpaired) electrons. The van der Waals surface area contributed by atoms with E-state index in [2.05, 4.69) is 0 Å². The summed E-state index contributed by atoms with van der Waals surface area (Å²) in [5, 5.41) is 9.97. The van der Waals surface area contributed by atoms with Gasteiger partial charge in [-0.3, -0.25) is 4.79 Å². The fraction of sp³-hybridized carbons (Fsp3) is 0.679. The Bertz CT molecular complexity index is 952. The van der Waals surface area contributed by atoms with Gasteiger partial charge in [0.15, 0.2) is 0 Å². The molecule has 0 aliphatic carbocycles. The van der Waals surface area contributed by atoms with Crippen molar-refractivity contribution in [2.45, 2.75) is 85.5 Å². The van der Waals surface area contributed by atoms with Gasteiger partial charge in [-0.15, -0.1) is 0 Å². The van der Waals surface area contributed by atoms with Crippen LogP contribution < -0.4 is 5.73 Å². The molecular formula is C28H43N3O5. The second-order valence-corrected chi connectivity index (χ2v) is 12.3. The summed E-state index contributed by atoms with van der Waals surface area (Å²) in [4.78, 5) is 43.3. The van der Waals surface area contributed by atoms with Crippen LogP contribution in [0.3, 0.4) is 0 Å². The van der Waals surface area contributed by atoms with Gasteiger partial charge >= 0.3 is 12.1 Å². The first-order valence-corrected chi connectivity index (χ1v) is 13.0. The number of piperidine rings is 1. The monoisotopic (exact) mass is 501 g/mol. The highest BCUT2D eigenvalue weighted by molar-refractivity contribution is 5.88. The number of nitrogens with zero attached hydrogens (tertiary/aromatic N) is 2. The van der Waals surface area contributed by atoms with Gasteiger partial charge in [0.1, 0.15) is 6.04 Å². The fourth-order valence-corrected chi connectivity index (χ4v) is 6.52. The van der Waals surface area contributed by atoms with E-state index in [9.17, 15) is 19.5 Å². The summed E-state index contributed by atoms with van der Waals surface area (Å²) in [6, 6.07) is 7.16. The van der Waals surface area contributed by atoms with Gasteiger partial charge in [-0.25, -0.2) is 9.59 Å². The number of carbonyl (C=O) groups is 3. The second kappa shape index (κ2) is 10.4. The van der Waals surface area contributed by atoms with E-state index in [0.29, 0.717) is 19.4 Å². The SMILES string of the molecule is CCOC(=O)[C@@H]1[C@@H](C(C)(C)C)[C@H](N)[C@H](c2ccccc2)N1C(=O)C1CCCN(C(=O)O)C1C(C)(C)C. The molecule has 3 N–H and O–H groups in total. The van der Waals surface area contributed by atoms with E-state index in [0.717, 1.165) is 5.56 Å². The van der Waals surface area contributed by atoms with Crippen molar-refractivity contribution < 1.29 is 24.2 Å². The second-order valence-electron chi connectivity index (χ2n) is 12.3. The van der Waals surface area contributed by atoms with E-state index < -0.39 is 47.6 Å². The van der Waals surface area contributed by atoms with Gasteiger partial charge in [-0.1, -0.05) is 71.9 Å². The standard InChI is InChI=1S/C28H43N3O5/c1-8-36-25(33)22-19(27(2,3)4)20(29)21(17-13-10-9-11-14-17)31(22)24(32)18-15-12-16-30(26(34)35)23(18)28(5,6)7/h9-11,13-14,18-23H,8,12,15-16,29H2,1-7H3,(H,34,35)/t18?,19-,20-,21-,22-,23?/m0/s1. The average Bonchev–Trinajstić information content (AvgIpc) is 3.11. The lowest BCUT2D eigenvalue weighted by molar-refractivity contribution is -0.160. The molecule has 2 unspecified atom stereocenters. The highest BCUT2D eigenvalue weighted by Crippen LogP contribution is 2.49. The zero-order chi connectivity index (χ0) is 27.0. The molecule has 8 nitrogen and oxygen atoms in total. The Morgan fingerprint density at radius 1 is 1.06 bits per heavy atom. The highest BCUT2D eigenvalue weighted by Gasteiger charge is 2.59. The third-order valence-electron chi connectivity index (χ3n) is 7.72. The molecule has 1 aromatic carbocycles. The van der Waals surface area contributed by atoms with Crippen LogP contribution >= 0.6 is 0 Å². The molecule has 2 amide bonds. The van der Waals surface area contributed by atoms with Crippen LogP contribution in [0.4, 0.5) is 4.79 Å². The van der Waals surface area contributed by atoms with Crippen LogP contribution in [0.1, 0.15) is 72.9 Å². The molecule has 0 spiro atoms. The van der Waals surface area contributed by atoms with Gasteiger partial charge in [0, 0.05) is 18.5 Å². The lowest BCUT2D eigenvalue weighted by Crippen LogP contribution is -2.59. The first-order chi connectivity index (χ1) is 16.7. The molecule has 8 heteroatoms. The molecule has 2 aliphatic rings. The number of carbonyl (C=O) groups excluding carboxylic acids is 2. The number of hydrogen-bond acceptors (Lipinski definition) is 5. The zero-order valence-corrected chi connectivity index (χ0v) is 22.7. The van der Waals surface area contributed by atoms with Crippen LogP contribution in [0.25, 0.3) is 0 Å². The van der Waals surface area contributed by atoms with E-state index in [1.807, 2.05) is 71.9 Å². The van der Waals surface area contributed by atoms with Crippen molar-refractivity contribution in [2.24, 2.45) is 28.4 Å². The fourth-order valence-electron chi connectivity index (χ4n) is 6.52. The number of hydrogen-bond donors (Lipinski definition) is 2. The molecule has 2 saturated heterocycles. The first kappa shape index (κ1) is 28.0. The van der Waals surface area contributed by atoms with Crippen LogP contribution in [-0.4, -0.2) is 64.2 Å². The quantitative estimate of drug-likeness (QED) is 0.595. The summed E-state index contributed by atoms with van der Waals surface area (Å²) in [6.45, 7) is 14.3. The van der Waals surface area contributed by atoms with Crippen LogP contribution in [-0.2, 0) is 14.3 Å². The lowest BCUT2D eigenvalue weighted by atomic mass is 9.72. The van der Waals surface area contributed by atoms with Crippen LogP contribution in [0, 0.1) is 22.7 Å². The number of esters is 1. The maximum absolute atomic E-state index is 14.6. The first-order valence-electron chi connectivity index (χ1n) is 13.0. The Labute approximate surface area is 215 Å². The van der Waals surface area contributed by atoms with Gasteiger partial charge in [0.2, 0.25) is 5.91 Å². The molecule has 200 valence electrons. The summed E-state index contributed by atoms with van der Waals surface area (Å²) < 4.78 is 5.51. The Balaban J connectivity index is 2.19. The summed E-state index contributed by atoms with van der Waals surface area (Å²) in [5.41, 5.74) is 6.91. The molecule has 2 aliphatic heterocycles. The van der Waals surface area contributed by atoms with Crippen molar-refractivity contribution in [3.05, 3.63) is 35.9 Å². The molecule has 1 aromatic rings. The van der Waals surface area contributed by atoms with Crippen molar-refractivity contribution in [1.29, 1.82) is 0 Å². The number of nitrogens with two attached hydrogens (primary N) is 1. The highest BCUT2D eigenvalue weighted by atomic mass is 16.5. The third kappa shape index (κ3) is 5.24. The van der Waals surface area contributed by atoms with Crippen molar-refractivity contribution in [3.63, 3.8) is 0 Å². The molecule has 0 aromatic heterocycles. The molecule has 3 rings (SSSR count). The van der Waals surface area contributed by atoms with Crippen molar-refractivity contribution in [1.82, 2.24) is 9.80 Å². The summed E-state index contributed by atoms with van der Waals surface area (Å²) in [6.07, 6.45) is 0.102. The minimum Gasteiger partial charge on any atom is -0.465 e. The molecular weight excluding hydrogens is 458 g/mol. The average molecular weight is 502 g/mol. The number of amides is 2. The lowest BCUT2D eigenvalue weighted by Gasteiger charge is -2.48. The van der Waals surface area contributed by atoms with Crippen molar-refractivity contribution in [2.75, 3.05) is 13.2 Å². The van der Waals surface area contributed by atoms with Crippen LogP contribution in [0.15, 0.2) is 30.3 Å². The number of carboxylic acid groups (broad SMARTS) is 1. The normalized spacial score (nSPS) is 29.2. The molecule has 36 heavy (non-hydrogen) atoms. The maximum Gasteiger partial charge on any atom is 0.407 e. The molecule has 2 fully saturated rings. The van der Waals surface area contributed by atoms with E-state index in [-0.39, 0.29) is 23.8 Å². The van der Waals surface area contributed by atoms with Crippen LogP contribution in [0.2, 0.25) is 0 Å². The van der Waals surface area contributed by atoms with Crippen molar-refractivity contribution >= 4 is 18.0 Å². The molecule has 0 saturated carbocycles. The third-order valence-corrected chi connectivity index (χ3v) is 7.72. The van der Waals surface area contributed by atoms with Crippen LogP contribution in [0.5, 0.6) is 0 Å². The topological polar surface area (TPSA) is 113 Å².